The van der Waals surface area contributed by atoms with E-state index in [1.54, 1.807) is 12.1 Å². The topological polar surface area (TPSA) is 64.8 Å². The average molecular weight is 222 g/mol. The number of nitrogens with zero attached hydrogens (tertiary/aromatic N) is 1. The number of rotatable bonds is 2. The summed E-state index contributed by atoms with van der Waals surface area (Å²) in [5, 5.41) is 0. The van der Waals surface area contributed by atoms with Gasteiger partial charge in [0.2, 0.25) is 0 Å². The second-order valence-corrected chi connectivity index (χ2v) is 3.57. The number of hydrogen-bond acceptors (Lipinski definition) is 5. The molecule has 0 saturated carbocycles. The molecule has 5 heteroatoms. The highest BCUT2D eigenvalue weighted by molar-refractivity contribution is 5.77. The second-order valence-electron chi connectivity index (χ2n) is 3.57. The van der Waals surface area contributed by atoms with E-state index in [9.17, 15) is 4.79 Å². The number of methoxy groups -OCH3 is 1. The van der Waals surface area contributed by atoms with Gasteiger partial charge < -0.3 is 20.1 Å². The number of fused-ring (bicyclic) bond motifs is 1. The molecule has 1 aliphatic rings. The van der Waals surface area contributed by atoms with Crippen LogP contribution in [0.5, 0.6) is 5.75 Å². The summed E-state index contributed by atoms with van der Waals surface area (Å²) < 4.78 is 10.1. The number of nitrogen functional groups attached to an aromatic ring is 1. The zero-order valence-corrected chi connectivity index (χ0v) is 9.10. The molecule has 0 unspecified atom stereocenters. The SMILES string of the molecule is COC(=O)CN1CCOc2cc(N)ccc21. The van der Waals surface area contributed by atoms with E-state index in [1.807, 2.05) is 11.0 Å². The molecule has 0 radical (unpaired) electrons. The maximum Gasteiger partial charge on any atom is 0.325 e. The van der Waals surface area contributed by atoms with E-state index >= 15 is 0 Å². The summed E-state index contributed by atoms with van der Waals surface area (Å²) in [6.07, 6.45) is 0. The number of esters is 1. The first kappa shape index (κ1) is 10.6. The van der Waals surface area contributed by atoms with Gasteiger partial charge in [-0.2, -0.15) is 0 Å². The minimum atomic E-state index is -0.260. The summed E-state index contributed by atoms with van der Waals surface area (Å²) in [4.78, 5) is 13.1. The van der Waals surface area contributed by atoms with Crippen molar-refractivity contribution in [3.8, 4) is 5.75 Å². The fourth-order valence-corrected chi connectivity index (χ4v) is 1.68. The van der Waals surface area contributed by atoms with Gasteiger partial charge in [0.15, 0.2) is 0 Å². The van der Waals surface area contributed by atoms with Gasteiger partial charge in [-0.25, -0.2) is 0 Å². The molecule has 1 aliphatic heterocycles. The molecular weight excluding hydrogens is 208 g/mol. The molecule has 1 aromatic rings. The third-order valence-electron chi connectivity index (χ3n) is 2.49. The van der Waals surface area contributed by atoms with Crippen molar-refractivity contribution in [2.75, 3.05) is 37.4 Å². The third-order valence-corrected chi connectivity index (χ3v) is 2.49. The monoisotopic (exact) mass is 222 g/mol. The molecule has 0 saturated heterocycles. The van der Waals surface area contributed by atoms with Gasteiger partial charge in [-0.1, -0.05) is 0 Å². The normalized spacial score (nSPS) is 13.9. The van der Waals surface area contributed by atoms with Gasteiger partial charge in [0, 0.05) is 11.8 Å². The van der Waals surface area contributed by atoms with Crippen molar-refractivity contribution in [3.05, 3.63) is 18.2 Å². The minimum absolute atomic E-state index is 0.233. The standard InChI is InChI=1S/C11H14N2O3/c1-15-11(14)7-13-4-5-16-10-6-8(12)2-3-9(10)13/h2-3,6H,4-5,7,12H2,1H3. The molecule has 0 aliphatic carbocycles. The maximum absolute atomic E-state index is 11.2. The lowest BCUT2D eigenvalue weighted by atomic mass is 10.2. The van der Waals surface area contributed by atoms with Crippen LogP contribution in [0.25, 0.3) is 0 Å². The smallest absolute Gasteiger partial charge is 0.325 e. The number of carbonyl (C=O) groups excluding carboxylic acids is 1. The summed E-state index contributed by atoms with van der Waals surface area (Å²) in [6.45, 7) is 1.45. The lowest BCUT2D eigenvalue weighted by molar-refractivity contribution is -0.139. The average Bonchev–Trinajstić information content (AvgIpc) is 2.28. The molecular formula is C11H14N2O3. The number of benzene rings is 1. The van der Waals surface area contributed by atoms with E-state index in [0.717, 1.165) is 11.4 Å². The van der Waals surface area contributed by atoms with Gasteiger partial charge >= 0.3 is 5.97 Å². The lowest BCUT2D eigenvalue weighted by Gasteiger charge is -2.30. The Kier molecular flexibility index (Phi) is 2.85. The molecule has 0 amide bonds. The van der Waals surface area contributed by atoms with Crippen LogP contribution in [-0.4, -0.2) is 32.8 Å². The minimum Gasteiger partial charge on any atom is -0.489 e. The first-order valence-corrected chi connectivity index (χ1v) is 5.05. The number of ether oxygens (including phenoxy) is 2. The molecule has 2 rings (SSSR count). The van der Waals surface area contributed by atoms with Crippen molar-refractivity contribution in [2.24, 2.45) is 0 Å². The molecule has 0 atom stereocenters. The fraction of sp³-hybridized carbons (Fsp3) is 0.364. The van der Waals surface area contributed by atoms with Crippen molar-refractivity contribution >= 4 is 17.3 Å². The molecule has 0 fully saturated rings. The zero-order valence-electron chi connectivity index (χ0n) is 9.10. The van der Waals surface area contributed by atoms with Gasteiger partial charge in [0.25, 0.3) is 0 Å². The first-order chi connectivity index (χ1) is 7.70. The number of nitrogens with two attached hydrogens (primary N) is 1. The van der Waals surface area contributed by atoms with E-state index in [4.69, 9.17) is 10.5 Å². The Hall–Kier alpha value is -1.91. The van der Waals surface area contributed by atoms with E-state index in [1.165, 1.54) is 7.11 Å². The Labute approximate surface area is 93.7 Å². The number of anilines is 2. The molecule has 1 aromatic carbocycles. The van der Waals surface area contributed by atoms with Gasteiger partial charge in [-0.15, -0.1) is 0 Å². The summed E-state index contributed by atoms with van der Waals surface area (Å²) in [5.74, 6) is 0.458. The predicted molar refractivity (Wildman–Crippen MR) is 60.6 cm³/mol. The van der Waals surface area contributed by atoms with Crippen LogP contribution in [-0.2, 0) is 9.53 Å². The van der Waals surface area contributed by atoms with Gasteiger partial charge in [0.1, 0.15) is 18.9 Å². The molecule has 0 aromatic heterocycles. The largest absolute Gasteiger partial charge is 0.489 e. The van der Waals surface area contributed by atoms with E-state index in [0.29, 0.717) is 18.8 Å². The van der Waals surface area contributed by atoms with Crippen LogP contribution in [0, 0.1) is 0 Å². The van der Waals surface area contributed by atoms with Crippen molar-refractivity contribution in [2.45, 2.75) is 0 Å². The molecule has 2 N–H and O–H groups in total. The summed E-state index contributed by atoms with van der Waals surface area (Å²) in [5.41, 5.74) is 7.20. The van der Waals surface area contributed by atoms with Crippen LogP contribution in [0.1, 0.15) is 0 Å². The Bertz CT molecular complexity index is 406. The van der Waals surface area contributed by atoms with Crippen molar-refractivity contribution in [3.63, 3.8) is 0 Å². The summed E-state index contributed by atoms with van der Waals surface area (Å²) in [6, 6.07) is 5.41. The van der Waals surface area contributed by atoms with E-state index in [-0.39, 0.29) is 12.5 Å². The Morgan fingerprint density at radius 2 is 2.44 bits per heavy atom. The van der Waals surface area contributed by atoms with E-state index < -0.39 is 0 Å². The quantitative estimate of drug-likeness (QED) is 0.587. The van der Waals surface area contributed by atoms with Gasteiger partial charge in [0.05, 0.1) is 19.3 Å². The molecule has 16 heavy (non-hydrogen) atoms. The van der Waals surface area contributed by atoms with Crippen LogP contribution in [0.15, 0.2) is 18.2 Å². The van der Waals surface area contributed by atoms with Gasteiger partial charge in [-0.05, 0) is 12.1 Å². The van der Waals surface area contributed by atoms with Crippen LogP contribution in [0.3, 0.4) is 0 Å². The molecule has 5 nitrogen and oxygen atoms in total. The van der Waals surface area contributed by atoms with Crippen molar-refractivity contribution in [1.82, 2.24) is 0 Å². The van der Waals surface area contributed by atoms with Gasteiger partial charge in [-0.3, -0.25) is 4.79 Å². The summed E-state index contributed by atoms with van der Waals surface area (Å²) in [7, 11) is 1.38. The highest BCUT2D eigenvalue weighted by atomic mass is 16.5. The lowest BCUT2D eigenvalue weighted by Crippen LogP contribution is -2.37. The molecule has 0 spiro atoms. The Morgan fingerprint density at radius 1 is 1.62 bits per heavy atom. The molecule has 86 valence electrons. The Balaban J connectivity index is 2.23. The summed E-state index contributed by atoms with van der Waals surface area (Å²) >= 11 is 0. The van der Waals surface area contributed by atoms with Crippen LogP contribution in [0.2, 0.25) is 0 Å². The molecule has 1 heterocycles. The highest BCUT2D eigenvalue weighted by Crippen LogP contribution is 2.32. The van der Waals surface area contributed by atoms with Crippen LogP contribution in [0.4, 0.5) is 11.4 Å². The predicted octanol–water partition coefficient (Wildman–Crippen LogP) is 0.641. The molecule has 0 bridgehead atoms. The first-order valence-electron chi connectivity index (χ1n) is 5.05. The van der Waals surface area contributed by atoms with Crippen molar-refractivity contribution in [1.29, 1.82) is 0 Å². The zero-order chi connectivity index (χ0) is 11.5. The Morgan fingerprint density at radius 3 is 3.19 bits per heavy atom. The van der Waals surface area contributed by atoms with Crippen LogP contribution >= 0.6 is 0 Å². The number of hydrogen-bond donors (Lipinski definition) is 1. The highest BCUT2D eigenvalue weighted by Gasteiger charge is 2.20. The van der Waals surface area contributed by atoms with E-state index in [2.05, 4.69) is 4.74 Å². The number of carbonyl (C=O) groups is 1. The third kappa shape index (κ3) is 2.03. The second kappa shape index (κ2) is 4.30. The van der Waals surface area contributed by atoms with Crippen LogP contribution < -0.4 is 15.4 Å². The van der Waals surface area contributed by atoms with Crippen molar-refractivity contribution < 1.29 is 14.3 Å². The maximum atomic E-state index is 11.2. The fourth-order valence-electron chi connectivity index (χ4n) is 1.68.